The Hall–Kier alpha value is -0.820. The molecule has 0 bridgehead atoms. The zero-order valence-corrected chi connectivity index (χ0v) is 10.4. The second-order valence-electron chi connectivity index (χ2n) is 4.47. The normalized spacial score (nSPS) is 14.9. The first-order valence-corrected chi connectivity index (χ1v) is 5.90. The smallest absolute Gasteiger partial charge is 0.00902 e. The lowest BCUT2D eigenvalue weighted by Crippen LogP contribution is -2.32. The quantitative estimate of drug-likeness (QED) is 0.778. The summed E-state index contributed by atoms with van der Waals surface area (Å²) in [5.41, 5.74) is 2.81. The molecule has 1 rings (SSSR count). The third kappa shape index (κ3) is 3.67. The number of aryl methyl sites for hydroxylation is 1. The zero-order valence-electron chi connectivity index (χ0n) is 10.4. The van der Waals surface area contributed by atoms with Crippen molar-refractivity contribution in [3.63, 3.8) is 0 Å². The van der Waals surface area contributed by atoms with Crippen molar-refractivity contribution in [2.45, 2.75) is 39.7 Å². The predicted octanol–water partition coefficient (Wildman–Crippen LogP) is 3.17. The van der Waals surface area contributed by atoms with Crippen molar-refractivity contribution < 1.29 is 0 Å². The Labute approximate surface area is 93.9 Å². The Kier molecular flexibility index (Phi) is 4.83. The largest absolute Gasteiger partial charge is 0.317 e. The molecule has 15 heavy (non-hydrogen) atoms. The fourth-order valence-corrected chi connectivity index (χ4v) is 2.24. The van der Waals surface area contributed by atoms with Crippen LogP contribution in [0, 0.1) is 12.8 Å². The van der Waals surface area contributed by atoms with E-state index in [2.05, 4.69) is 57.4 Å². The Morgan fingerprint density at radius 2 is 2.07 bits per heavy atom. The van der Waals surface area contributed by atoms with Gasteiger partial charge in [0.05, 0.1) is 0 Å². The second kappa shape index (κ2) is 5.92. The Morgan fingerprint density at radius 3 is 2.60 bits per heavy atom. The van der Waals surface area contributed by atoms with Gasteiger partial charge in [-0.15, -0.1) is 0 Å². The van der Waals surface area contributed by atoms with E-state index in [1.165, 1.54) is 24.0 Å². The van der Waals surface area contributed by atoms with Gasteiger partial charge in [0.1, 0.15) is 0 Å². The molecule has 1 heteroatoms. The van der Waals surface area contributed by atoms with Crippen LogP contribution in [0.1, 0.15) is 31.4 Å². The SMILES string of the molecule is CCC(NC)C(C)Cc1cccc(C)c1. The van der Waals surface area contributed by atoms with Gasteiger partial charge in [-0.3, -0.25) is 0 Å². The van der Waals surface area contributed by atoms with E-state index in [0.29, 0.717) is 12.0 Å². The van der Waals surface area contributed by atoms with E-state index >= 15 is 0 Å². The lowest BCUT2D eigenvalue weighted by molar-refractivity contribution is 0.387. The maximum atomic E-state index is 3.39. The molecule has 1 aromatic carbocycles. The van der Waals surface area contributed by atoms with Gasteiger partial charge in [-0.05, 0) is 38.3 Å². The Balaban J connectivity index is 2.61. The fourth-order valence-electron chi connectivity index (χ4n) is 2.24. The van der Waals surface area contributed by atoms with Crippen molar-refractivity contribution in [3.05, 3.63) is 35.4 Å². The van der Waals surface area contributed by atoms with Crippen molar-refractivity contribution in [2.24, 2.45) is 5.92 Å². The minimum Gasteiger partial charge on any atom is -0.317 e. The lowest BCUT2D eigenvalue weighted by Gasteiger charge is -2.22. The predicted molar refractivity (Wildman–Crippen MR) is 67.2 cm³/mol. The van der Waals surface area contributed by atoms with Crippen molar-refractivity contribution >= 4 is 0 Å². The highest BCUT2D eigenvalue weighted by Gasteiger charge is 2.13. The maximum absolute atomic E-state index is 3.39. The highest BCUT2D eigenvalue weighted by Crippen LogP contribution is 2.15. The van der Waals surface area contributed by atoms with Gasteiger partial charge in [0.25, 0.3) is 0 Å². The first kappa shape index (κ1) is 12.3. The number of rotatable bonds is 5. The average Bonchev–Trinajstić information content (AvgIpc) is 2.19. The molecule has 1 N–H and O–H groups in total. The molecule has 0 aromatic heterocycles. The third-order valence-corrected chi connectivity index (χ3v) is 3.14. The molecule has 0 fully saturated rings. The molecule has 1 aromatic rings. The van der Waals surface area contributed by atoms with Crippen LogP contribution in [0.2, 0.25) is 0 Å². The molecule has 0 saturated carbocycles. The molecule has 0 aliphatic heterocycles. The van der Waals surface area contributed by atoms with Crippen LogP contribution in [-0.4, -0.2) is 13.1 Å². The van der Waals surface area contributed by atoms with Gasteiger partial charge in [0.2, 0.25) is 0 Å². The van der Waals surface area contributed by atoms with Crippen LogP contribution in [0.3, 0.4) is 0 Å². The van der Waals surface area contributed by atoms with Crippen molar-refractivity contribution in [1.29, 1.82) is 0 Å². The summed E-state index contributed by atoms with van der Waals surface area (Å²) in [5.74, 6) is 0.696. The monoisotopic (exact) mass is 205 g/mol. The van der Waals surface area contributed by atoms with E-state index in [1.807, 2.05) is 0 Å². The molecule has 0 saturated heterocycles. The molecular weight excluding hydrogens is 182 g/mol. The standard InChI is InChI=1S/C14H23N/c1-5-14(15-4)12(3)10-13-8-6-7-11(2)9-13/h6-9,12,14-15H,5,10H2,1-4H3. The Morgan fingerprint density at radius 1 is 1.33 bits per heavy atom. The molecule has 0 amide bonds. The Bertz CT molecular complexity index is 289. The van der Waals surface area contributed by atoms with E-state index in [4.69, 9.17) is 0 Å². The van der Waals surface area contributed by atoms with Crippen LogP contribution in [0.15, 0.2) is 24.3 Å². The molecule has 0 spiro atoms. The summed E-state index contributed by atoms with van der Waals surface area (Å²) in [6.07, 6.45) is 2.37. The minimum absolute atomic E-state index is 0.630. The molecule has 1 nitrogen and oxygen atoms in total. The third-order valence-electron chi connectivity index (χ3n) is 3.14. The summed E-state index contributed by atoms with van der Waals surface area (Å²) < 4.78 is 0. The molecule has 2 unspecified atom stereocenters. The number of nitrogens with one attached hydrogen (secondary N) is 1. The van der Waals surface area contributed by atoms with Crippen LogP contribution >= 0.6 is 0 Å². The summed E-state index contributed by atoms with van der Waals surface area (Å²) in [7, 11) is 2.06. The van der Waals surface area contributed by atoms with Crippen LogP contribution in [0.5, 0.6) is 0 Å². The second-order valence-corrected chi connectivity index (χ2v) is 4.47. The van der Waals surface area contributed by atoms with Gasteiger partial charge in [-0.1, -0.05) is 43.7 Å². The van der Waals surface area contributed by atoms with Crippen LogP contribution in [0.4, 0.5) is 0 Å². The zero-order chi connectivity index (χ0) is 11.3. The van der Waals surface area contributed by atoms with Crippen molar-refractivity contribution in [1.82, 2.24) is 5.32 Å². The van der Waals surface area contributed by atoms with E-state index in [1.54, 1.807) is 0 Å². The summed E-state index contributed by atoms with van der Waals surface area (Å²) in [5, 5.41) is 3.39. The van der Waals surface area contributed by atoms with Crippen LogP contribution < -0.4 is 5.32 Å². The summed E-state index contributed by atoms with van der Waals surface area (Å²) in [4.78, 5) is 0. The van der Waals surface area contributed by atoms with Crippen LogP contribution in [-0.2, 0) is 6.42 Å². The van der Waals surface area contributed by atoms with Gasteiger partial charge >= 0.3 is 0 Å². The van der Waals surface area contributed by atoms with Gasteiger partial charge in [-0.25, -0.2) is 0 Å². The van der Waals surface area contributed by atoms with Crippen molar-refractivity contribution in [2.75, 3.05) is 7.05 Å². The first-order valence-electron chi connectivity index (χ1n) is 5.90. The molecule has 84 valence electrons. The van der Waals surface area contributed by atoms with Gasteiger partial charge in [0.15, 0.2) is 0 Å². The highest BCUT2D eigenvalue weighted by atomic mass is 14.9. The molecule has 0 aliphatic rings. The van der Waals surface area contributed by atoms with Gasteiger partial charge < -0.3 is 5.32 Å². The van der Waals surface area contributed by atoms with Gasteiger partial charge in [0, 0.05) is 6.04 Å². The fraction of sp³-hybridized carbons (Fsp3) is 0.571. The summed E-state index contributed by atoms with van der Waals surface area (Å²) >= 11 is 0. The summed E-state index contributed by atoms with van der Waals surface area (Å²) in [6.45, 7) is 6.73. The number of hydrogen-bond acceptors (Lipinski definition) is 1. The number of hydrogen-bond donors (Lipinski definition) is 1. The first-order chi connectivity index (χ1) is 7.17. The van der Waals surface area contributed by atoms with E-state index in [-0.39, 0.29) is 0 Å². The molecular formula is C14H23N. The molecule has 0 radical (unpaired) electrons. The average molecular weight is 205 g/mol. The highest BCUT2D eigenvalue weighted by molar-refractivity contribution is 5.22. The van der Waals surface area contributed by atoms with E-state index in [0.717, 1.165) is 0 Å². The van der Waals surface area contributed by atoms with Crippen LogP contribution in [0.25, 0.3) is 0 Å². The van der Waals surface area contributed by atoms with Crippen molar-refractivity contribution in [3.8, 4) is 0 Å². The molecule has 0 heterocycles. The molecule has 0 aliphatic carbocycles. The summed E-state index contributed by atoms with van der Waals surface area (Å²) in [6, 6.07) is 9.46. The van der Waals surface area contributed by atoms with E-state index in [9.17, 15) is 0 Å². The lowest BCUT2D eigenvalue weighted by atomic mass is 9.92. The minimum atomic E-state index is 0.630. The molecule has 2 atom stereocenters. The topological polar surface area (TPSA) is 12.0 Å². The number of benzene rings is 1. The maximum Gasteiger partial charge on any atom is 0.00902 e. The van der Waals surface area contributed by atoms with Gasteiger partial charge in [-0.2, -0.15) is 0 Å². The van der Waals surface area contributed by atoms with E-state index < -0.39 is 0 Å².